The molecule has 0 saturated heterocycles. The van der Waals surface area contributed by atoms with Crippen LogP contribution in [0.4, 0.5) is 10.5 Å². The standard InChI is InChI=1S/C16H16N4O4/c21-13(17-11-5-2-1-3-6-11)12-7-4-10-20(12)19-14(22)16(8-9-16)18-15(23)24/h1-7,10,18H,8-9H2,(H,17,21)(H,19,22)(H,23,24). The third kappa shape index (κ3) is 3.22. The van der Waals surface area contributed by atoms with E-state index in [1.54, 1.807) is 36.4 Å². The van der Waals surface area contributed by atoms with E-state index in [2.05, 4.69) is 16.1 Å². The van der Waals surface area contributed by atoms with E-state index in [0.29, 0.717) is 18.5 Å². The number of anilines is 1. The maximum Gasteiger partial charge on any atom is 0.405 e. The summed E-state index contributed by atoms with van der Waals surface area (Å²) in [6.07, 6.45) is 1.13. The van der Waals surface area contributed by atoms with Crippen molar-refractivity contribution in [1.82, 2.24) is 9.99 Å². The second-order valence-corrected chi connectivity index (χ2v) is 5.54. The molecule has 0 spiro atoms. The molecule has 0 aliphatic heterocycles. The zero-order valence-corrected chi connectivity index (χ0v) is 12.7. The molecule has 1 aliphatic carbocycles. The molecule has 3 amide bonds. The van der Waals surface area contributed by atoms with Gasteiger partial charge in [-0.1, -0.05) is 18.2 Å². The Hall–Kier alpha value is -3.29. The first-order chi connectivity index (χ1) is 11.5. The lowest BCUT2D eigenvalue weighted by Crippen LogP contribution is -2.47. The van der Waals surface area contributed by atoms with Crippen molar-refractivity contribution in [3.63, 3.8) is 0 Å². The third-order valence-corrected chi connectivity index (χ3v) is 3.77. The van der Waals surface area contributed by atoms with Gasteiger partial charge < -0.3 is 15.7 Å². The van der Waals surface area contributed by atoms with Crippen LogP contribution in [-0.4, -0.2) is 33.2 Å². The fraction of sp³-hybridized carbons (Fsp3) is 0.188. The number of carboxylic acid groups (broad SMARTS) is 1. The van der Waals surface area contributed by atoms with Crippen molar-refractivity contribution >= 4 is 23.6 Å². The minimum absolute atomic E-state index is 0.235. The van der Waals surface area contributed by atoms with Crippen LogP contribution in [0.2, 0.25) is 0 Å². The average Bonchev–Trinajstić information content (AvgIpc) is 3.17. The summed E-state index contributed by atoms with van der Waals surface area (Å²) in [4.78, 5) is 35.4. The lowest BCUT2D eigenvalue weighted by atomic mass is 10.2. The number of nitrogens with zero attached hydrogens (tertiary/aromatic N) is 1. The van der Waals surface area contributed by atoms with Crippen molar-refractivity contribution in [2.45, 2.75) is 18.4 Å². The fourth-order valence-corrected chi connectivity index (χ4v) is 2.33. The number of amides is 3. The van der Waals surface area contributed by atoms with E-state index in [4.69, 9.17) is 5.11 Å². The highest BCUT2D eigenvalue weighted by Crippen LogP contribution is 2.35. The number of carbonyl (C=O) groups excluding carboxylic acids is 2. The summed E-state index contributed by atoms with van der Waals surface area (Å²) in [5.41, 5.74) is 2.32. The molecule has 24 heavy (non-hydrogen) atoms. The van der Waals surface area contributed by atoms with Crippen molar-refractivity contribution < 1.29 is 19.5 Å². The van der Waals surface area contributed by atoms with Crippen molar-refractivity contribution in [2.24, 2.45) is 0 Å². The van der Waals surface area contributed by atoms with Gasteiger partial charge in [-0.05, 0) is 37.1 Å². The monoisotopic (exact) mass is 328 g/mol. The number of benzene rings is 1. The molecule has 0 atom stereocenters. The highest BCUT2D eigenvalue weighted by Gasteiger charge is 2.51. The van der Waals surface area contributed by atoms with Gasteiger partial charge in [-0.25, -0.2) is 4.79 Å². The van der Waals surface area contributed by atoms with E-state index < -0.39 is 17.5 Å². The minimum Gasteiger partial charge on any atom is -0.465 e. The zero-order valence-electron chi connectivity index (χ0n) is 12.7. The molecule has 3 rings (SSSR count). The molecule has 1 aromatic heterocycles. The smallest absolute Gasteiger partial charge is 0.405 e. The van der Waals surface area contributed by atoms with Gasteiger partial charge in [-0.2, -0.15) is 0 Å². The second-order valence-electron chi connectivity index (χ2n) is 5.54. The molecular formula is C16H16N4O4. The molecular weight excluding hydrogens is 312 g/mol. The number of hydrogen-bond acceptors (Lipinski definition) is 3. The molecule has 0 bridgehead atoms. The normalized spacial score (nSPS) is 14.5. The highest BCUT2D eigenvalue weighted by atomic mass is 16.4. The van der Waals surface area contributed by atoms with Crippen LogP contribution in [0.25, 0.3) is 0 Å². The predicted molar refractivity (Wildman–Crippen MR) is 86.3 cm³/mol. The summed E-state index contributed by atoms with van der Waals surface area (Å²) in [6.45, 7) is 0. The maximum absolute atomic E-state index is 12.3. The molecule has 1 saturated carbocycles. The Morgan fingerprint density at radius 2 is 1.75 bits per heavy atom. The predicted octanol–water partition coefficient (Wildman–Crippen LogP) is 1.61. The fourth-order valence-electron chi connectivity index (χ4n) is 2.33. The molecule has 1 aromatic carbocycles. The maximum atomic E-state index is 12.3. The summed E-state index contributed by atoms with van der Waals surface area (Å²) in [7, 11) is 0. The molecule has 0 unspecified atom stereocenters. The number of para-hydroxylation sites is 1. The SMILES string of the molecule is O=C(O)NC1(C(=O)Nn2cccc2C(=O)Nc2ccccc2)CC1. The van der Waals surface area contributed by atoms with E-state index in [1.165, 1.54) is 10.9 Å². The molecule has 1 aliphatic rings. The number of carbonyl (C=O) groups is 3. The summed E-state index contributed by atoms with van der Waals surface area (Å²) >= 11 is 0. The average molecular weight is 328 g/mol. The Labute approximate surface area is 137 Å². The van der Waals surface area contributed by atoms with E-state index in [0.717, 1.165) is 0 Å². The molecule has 8 nitrogen and oxygen atoms in total. The van der Waals surface area contributed by atoms with Gasteiger partial charge in [0.15, 0.2) is 0 Å². The Morgan fingerprint density at radius 1 is 1.04 bits per heavy atom. The lowest BCUT2D eigenvalue weighted by molar-refractivity contribution is -0.119. The molecule has 8 heteroatoms. The van der Waals surface area contributed by atoms with Gasteiger partial charge in [0.25, 0.3) is 11.8 Å². The van der Waals surface area contributed by atoms with Crippen molar-refractivity contribution in [3.8, 4) is 0 Å². The van der Waals surface area contributed by atoms with Gasteiger partial charge in [-0.15, -0.1) is 0 Å². The Bertz CT molecular complexity index is 780. The first kappa shape index (κ1) is 15.6. The molecule has 2 aromatic rings. The molecule has 1 heterocycles. The summed E-state index contributed by atoms with van der Waals surface area (Å²) in [6, 6.07) is 12.1. The largest absolute Gasteiger partial charge is 0.465 e. The summed E-state index contributed by atoms with van der Waals surface area (Å²) < 4.78 is 1.28. The van der Waals surface area contributed by atoms with E-state index >= 15 is 0 Å². The van der Waals surface area contributed by atoms with Crippen LogP contribution in [0.3, 0.4) is 0 Å². The van der Waals surface area contributed by atoms with Gasteiger partial charge in [-0.3, -0.25) is 19.7 Å². The van der Waals surface area contributed by atoms with Crippen LogP contribution in [-0.2, 0) is 4.79 Å². The quantitative estimate of drug-likeness (QED) is 0.668. The van der Waals surface area contributed by atoms with Crippen LogP contribution in [0.15, 0.2) is 48.7 Å². The van der Waals surface area contributed by atoms with E-state index in [1.807, 2.05) is 6.07 Å². The van der Waals surface area contributed by atoms with Crippen LogP contribution in [0, 0.1) is 0 Å². The van der Waals surface area contributed by atoms with Crippen LogP contribution in [0.1, 0.15) is 23.3 Å². The lowest BCUT2D eigenvalue weighted by Gasteiger charge is -2.17. The summed E-state index contributed by atoms with van der Waals surface area (Å²) in [5.74, 6) is -0.877. The van der Waals surface area contributed by atoms with E-state index in [-0.39, 0.29) is 11.6 Å². The zero-order chi connectivity index (χ0) is 17.2. The van der Waals surface area contributed by atoms with Crippen LogP contribution in [0.5, 0.6) is 0 Å². The highest BCUT2D eigenvalue weighted by molar-refractivity contribution is 6.04. The van der Waals surface area contributed by atoms with Gasteiger partial charge in [0.1, 0.15) is 11.2 Å². The summed E-state index contributed by atoms with van der Waals surface area (Å²) in [5, 5.41) is 13.8. The Kier molecular flexibility index (Phi) is 3.95. The molecule has 4 N–H and O–H groups in total. The Morgan fingerprint density at radius 3 is 2.38 bits per heavy atom. The minimum atomic E-state index is -1.25. The molecule has 1 fully saturated rings. The number of aromatic nitrogens is 1. The van der Waals surface area contributed by atoms with Crippen molar-refractivity contribution in [2.75, 3.05) is 10.7 Å². The van der Waals surface area contributed by atoms with Crippen LogP contribution >= 0.6 is 0 Å². The van der Waals surface area contributed by atoms with Gasteiger partial charge in [0, 0.05) is 11.9 Å². The Balaban J connectivity index is 1.70. The van der Waals surface area contributed by atoms with E-state index in [9.17, 15) is 14.4 Å². The first-order valence-corrected chi connectivity index (χ1v) is 7.36. The third-order valence-electron chi connectivity index (χ3n) is 3.77. The number of hydrogen-bond donors (Lipinski definition) is 4. The van der Waals surface area contributed by atoms with Crippen molar-refractivity contribution in [3.05, 3.63) is 54.4 Å². The first-order valence-electron chi connectivity index (χ1n) is 7.36. The second kappa shape index (κ2) is 6.07. The molecule has 124 valence electrons. The van der Waals surface area contributed by atoms with Gasteiger partial charge in [0.2, 0.25) is 0 Å². The van der Waals surface area contributed by atoms with Gasteiger partial charge in [0.05, 0.1) is 0 Å². The van der Waals surface area contributed by atoms with Crippen molar-refractivity contribution in [1.29, 1.82) is 0 Å². The number of nitrogens with one attached hydrogen (secondary N) is 3. The van der Waals surface area contributed by atoms with Gasteiger partial charge >= 0.3 is 6.09 Å². The molecule has 0 radical (unpaired) electrons. The van der Waals surface area contributed by atoms with Crippen LogP contribution < -0.4 is 16.1 Å². The topological polar surface area (TPSA) is 112 Å². The number of rotatable bonds is 5.